The molecule has 2 unspecified atom stereocenters. The summed E-state index contributed by atoms with van der Waals surface area (Å²) in [4.78, 5) is 15.3. The van der Waals surface area contributed by atoms with Crippen LogP contribution in [0.1, 0.15) is 49.3 Å². The van der Waals surface area contributed by atoms with Crippen LogP contribution in [0.4, 0.5) is 0 Å². The number of piperidine rings is 1. The molecule has 4 rings (SSSR count). The number of fused-ring (bicyclic) bond motifs is 1. The summed E-state index contributed by atoms with van der Waals surface area (Å²) >= 11 is 0. The van der Waals surface area contributed by atoms with E-state index in [1.165, 1.54) is 0 Å². The van der Waals surface area contributed by atoms with Crippen molar-refractivity contribution in [1.29, 1.82) is 0 Å². The molecular formula is C24H29NO3. The van der Waals surface area contributed by atoms with Gasteiger partial charge in [-0.15, -0.1) is 0 Å². The van der Waals surface area contributed by atoms with Crippen molar-refractivity contribution in [2.24, 2.45) is 5.92 Å². The molecule has 1 N–H and O–H groups in total. The van der Waals surface area contributed by atoms with Gasteiger partial charge in [-0.05, 0) is 42.5 Å². The molecule has 28 heavy (non-hydrogen) atoms. The van der Waals surface area contributed by atoms with Gasteiger partial charge in [-0.1, -0.05) is 55.3 Å². The maximum Gasteiger partial charge on any atom is 0.227 e. The number of nitrogens with zero attached hydrogens (tertiary/aromatic N) is 1. The molecule has 0 bridgehead atoms. The Balaban J connectivity index is 1.66. The second-order valence-electron chi connectivity index (χ2n) is 8.17. The molecular weight excluding hydrogens is 350 g/mol. The Bertz CT molecular complexity index is 804. The first-order valence-electron chi connectivity index (χ1n) is 10.3. The molecule has 4 heteroatoms. The highest BCUT2D eigenvalue weighted by atomic mass is 16.5. The topological polar surface area (TPSA) is 49.8 Å². The van der Waals surface area contributed by atoms with Crippen LogP contribution in [0.3, 0.4) is 0 Å². The van der Waals surface area contributed by atoms with Crippen LogP contribution in [0, 0.1) is 5.92 Å². The molecule has 2 aromatic carbocycles. The maximum atomic E-state index is 13.3. The quantitative estimate of drug-likeness (QED) is 0.869. The number of likely N-dealkylation sites (tertiary alicyclic amines) is 1. The number of carbonyl (C=O) groups excluding carboxylic acids is 1. The molecule has 2 aromatic rings. The molecule has 3 atom stereocenters. The van der Waals surface area contributed by atoms with Crippen LogP contribution < -0.4 is 4.74 Å². The number of hydrogen-bond acceptors (Lipinski definition) is 3. The lowest BCUT2D eigenvalue weighted by Gasteiger charge is -2.52. The zero-order valence-corrected chi connectivity index (χ0v) is 16.5. The van der Waals surface area contributed by atoms with Crippen LogP contribution in [0.15, 0.2) is 54.6 Å². The van der Waals surface area contributed by atoms with E-state index in [1.54, 1.807) is 7.11 Å². The first kappa shape index (κ1) is 19.0. The van der Waals surface area contributed by atoms with Crippen LogP contribution in [-0.4, -0.2) is 35.2 Å². The summed E-state index contributed by atoms with van der Waals surface area (Å²) in [6, 6.07) is 17.8. The minimum atomic E-state index is -0.660. The smallest absolute Gasteiger partial charge is 0.227 e. The van der Waals surface area contributed by atoms with Crippen molar-refractivity contribution in [1.82, 2.24) is 4.90 Å². The minimum Gasteiger partial charge on any atom is -0.497 e. The highest BCUT2D eigenvalue weighted by Crippen LogP contribution is 2.49. The Morgan fingerprint density at radius 3 is 2.57 bits per heavy atom. The van der Waals surface area contributed by atoms with Crippen molar-refractivity contribution in [2.75, 3.05) is 13.7 Å². The number of aliphatic hydroxyl groups is 1. The van der Waals surface area contributed by atoms with Gasteiger partial charge in [0.05, 0.1) is 25.2 Å². The molecule has 0 radical (unpaired) electrons. The van der Waals surface area contributed by atoms with E-state index in [-0.39, 0.29) is 17.9 Å². The van der Waals surface area contributed by atoms with Gasteiger partial charge in [0, 0.05) is 12.5 Å². The van der Waals surface area contributed by atoms with Gasteiger partial charge in [-0.3, -0.25) is 4.79 Å². The second-order valence-corrected chi connectivity index (χ2v) is 8.17. The van der Waals surface area contributed by atoms with Crippen LogP contribution in [-0.2, 0) is 11.2 Å². The van der Waals surface area contributed by atoms with Gasteiger partial charge in [0.2, 0.25) is 5.91 Å². The molecule has 1 saturated carbocycles. The maximum absolute atomic E-state index is 13.3. The lowest BCUT2D eigenvalue weighted by Crippen LogP contribution is -2.56. The Hall–Kier alpha value is -2.33. The summed E-state index contributed by atoms with van der Waals surface area (Å²) in [6.07, 6.45) is 5.05. The third-order valence-corrected chi connectivity index (χ3v) is 6.54. The van der Waals surface area contributed by atoms with E-state index < -0.39 is 5.60 Å². The highest BCUT2D eigenvalue weighted by molar-refractivity contribution is 5.79. The SMILES string of the molecule is COc1ccc([C@H]2C3CCCCC3(O)CCN2C(=O)Cc2ccccc2)cc1. The molecule has 1 aliphatic heterocycles. The Morgan fingerprint density at radius 2 is 1.86 bits per heavy atom. The number of methoxy groups -OCH3 is 1. The van der Waals surface area contributed by atoms with Crippen molar-refractivity contribution < 1.29 is 14.6 Å². The van der Waals surface area contributed by atoms with Crippen LogP contribution in [0.5, 0.6) is 5.75 Å². The first-order chi connectivity index (χ1) is 13.6. The molecule has 0 spiro atoms. The molecule has 2 fully saturated rings. The number of ether oxygens (including phenoxy) is 1. The van der Waals surface area contributed by atoms with Gasteiger partial charge < -0.3 is 14.7 Å². The number of hydrogen-bond donors (Lipinski definition) is 1. The Labute approximate surface area is 167 Å². The fourth-order valence-corrected chi connectivity index (χ4v) is 5.05. The molecule has 1 amide bonds. The number of amides is 1. The van der Waals surface area contributed by atoms with E-state index >= 15 is 0 Å². The summed E-state index contributed by atoms with van der Waals surface area (Å²) in [5, 5.41) is 11.4. The number of carbonyl (C=O) groups is 1. The van der Waals surface area contributed by atoms with Crippen LogP contribution in [0.25, 0.3) is 0 Å². The normalized spacial score (nSPS) is 27.1. The Morgan fingerprint density at radius 1 is 1.11 bits per heavy atom. The minimum absolute atomic E-state index is 0.0823. The largest absolute Gasteiger partial charge is 0.497 e. The predicted molar refractivity (Wildman–Crippen MR) is 109 cm³/mol. The van der Waals surface area contributed by atoms with E-state index in [0.717, 1.165) is 42.6 Å². The lowest BCUT2D eigenvalue weighted by atomic mass is 9.66. The molecule has 148 valence electrons. The number of rotatable bonds is 4. The predicted octanol–water partition coefficient (Wildman–Crippen LogP) is 4.13. The lowest BCUT2D eigenvalue weighted by molar-refractivity contribution is -0.154. The van der Waals surface area contributed by atoms with E-state index in [2.05, 4.69) is 0 Å². The third-order valence-electron chi connectivity index (χ3n) is 6.54. The highest BCUT2D eigenvalue weighted by Gasteiger charge is 2.50. The van der Waals surface area contributed by atoms with Crippen molar-refractivity contribution in [3.63, 3.8) is 0 Å². The van der Waals surface area contributed by atoms with Gasteiger partial charge in [-0.25, -0.2) is 0 Å². The van der Waals surface area contributed by atoms with Crippen LogP contribution in [0.2, 0.25) is 0 Å². The van der Waals surface area contributed by atoms with Gasteiger partial charge in [-0.2, -0.15) is 0 Å². The first-order valence-corrected chi connectivity index (χ1v) is 10.3. The fourth-order valence-electron chi connectivity index (χ4n) is 5.05. The van der Waals surface area contributed by atoms with Crippen molar-refractivity contribution in [3.8, 4) is 5.75 Å². The monoisotopic (exact) mass is 379 g/mol. The zero-order valence-electron chi connectivity index (χ0n) is 16.5. The van der Waals surface area contributed by atoms with E-state index in [0.29, 0.717) is 19.4 Å². The summed E-state index contributed by atoms with van der Waals surface area (Å²) in [6.45, 7) is 0.607. The Kier molecular flexibility index (Phi) is 5.40. The van der Waals surface area contributed by atoms with Crippen molar-refractivity contribution >= 4 is 5.91 Å². The second kappa shape index (κ2) is 7.96. The molecule has 2 aliphatic rings. The zero-order chi connectivity index (χ0) is 19.6. The average Bonchev–Trinajstić information content (AvgIpc) is 2.73. The summed E-state index contributed by atoms with van der Waals surface area (Å²) in [7, 11) is 1.66. The third kappa shape index (κ3) is 3.66. The molecule has 0 aromatic heterocycles. The van der Waals surface area contributed by atoms with Gasteiger partial charge in [0.15, 0.2) is 0 Å². The van der Waals surface area contributed by atoms with Gasteiger partial charge in [0.25, 0.3) is 0 Å². The van der Waals surface area contributed by atoms with E-state index in [1.807, 2.05) is 59.5 Å². The standard InChI is InChI=1S/C24H29NO3/c1-28-20-12-10-19(11-13-20)23-21-9-5-6-14-24(21,27)15-16-25(23)22(26)17-18-7-3-2-4-8-18/h2-4,7-8,10-13,21,23,27H,5-6,9,14-17H2,1H3/t21?,23-,24?/m0/s1. The van der Waals surface area contributed by atoms with E-state index in [9.17, 15) is 9.90 Å². The van der Waals surface area contributed by atoms with Crippen molar-refractivity contribution in [2.45, 2.75) is 50.2 Å². The van der Waals surface area contributed by atoms with Crippen LogP contribution >= 0.6 is 0 Å². The molecule has 1 saturated heterocycles. The summed E-state index contributed by atoms with van der Waals surface area (Å²) < 4.78 is 5.31. The summed E-state index contributed by atoms with van der Waals surface area (Å²) in [5.41, 5.74) is 1.46. The van der Waals surface area contributed by atoms with E-state index in [4.69, 9.17) is 4.74 Å². The molecule has 1 aliphatic carbocycles. The molecule has 1 heterocycles. The van der Waals surface area contributed by atoms with Crippen molar-refractivity contribution in [3.05, 3.63) is 65.7 Å². The fraction of sp³-hybridized carbons (Fsp3) is 0.458. The van der Waals surface area contributed by atoms with Gasteiger partial charge >= 0.3 is 0 Å². The average molecular weight is 380 g/mol. The molecule has 4 nitrogen and oxygen atoms in total. The number of benzene rings is 2. The van der Waals surface area contributed by atoms with Gasteiger partial charge in [0.1, 0.15) is 5.75 Å². The summed E-state index contributed by atoms with van der Waals surface area (Å²) in [5.74, 6) is 1.03.